The van der Waals surface area contributed by atoms with Crippen LogP contribution >= 0.6 is 0 Å². The maximum atomic E-state index is 8.12. The number of para-hydroxylation sites is 4. The minimum absolute atomic E-state index is 0.918. The predicted octanol–water partition coefficient (Wildman–Crippen LogP) is 11.8. The van der Waals surface area contributed by atoms with E-state index in [1.54, 1.807) is 0 Å². The first-order valence-corrected chi connectivity index (χ1v) is 33.8. The Hall–Kier alpha value is -8.69. The van der Waals surface area contributed by atoms with E-state index in [4.69, 9.17) is 9.47 Å². The van der Waals surface area contributed by atoms with Gasteiger partial charge >= 0.3 is 437 Å². The molecule has 6 aliphatic heterocycles. The van der Waals surface area contributed by atoms with Crippen molar-refractivity contribution >= 4 is 130 Å². The molecule has 6 heterocycles. The normalized spacial score (nSPS) is 17.9. The molecule has 8 heteroatoms. The van der Waals surface area contributed by atoms with Crippen molar-refractivity contribution in [3.05, 3.63) is 255 Å². The van der Waals surface area contributed by atoms with Crippen molar-refractivity contribution in [1.82, 2.24) is 0 Å². The summed E-state index contributed by atoms with van der Waals surface area (Å²) in [6, 6.07) is 94.5. The van der Waals surface area contributed by atoms with E-state index in [1.807, 2.05) is 0 Å². The summed E-state index contributed by atoms with van der Waals surface area (Å²) < 4.78 is 26.8. The molecule has 0 bridgehead atoms. The van der Waals surface area contributed by atoms with Gasteiger partial charge < -0.3 is 0 Å². The number of nitrogens with zero attached hydrogens (tertiary/aromatic N) is 4. The van der Waals surface area contributed by atoms with Crippen LogP contribution < -0.4 is 64.2 Å². The van der Waals surface area contributed by atoms with Gasteiger partial charge in [-0.1, -0.05) is 0 Å². The molecule has 0 fully saturated rings. The molecular weight excluding hydrogens is 1030 g/mol. The second-order valence-corrected chi connectivity index (χ2v) is 34.9. The van der Waals surface area contributed by atoms with E-state index in [1.165, 1.54) is 57.9 Å². The Kier molecular flexibility index (Phi) is 8.25. The Bertz CT molecular complexity index is 3900. The average molecular weight is 1070 g/mol. The fourth-order valence-electron chi connectivity index (χ4n) is 14.0. The summed E-state index contributed by atoms with van der Waals surface area (Å²) in [5, 5.41) is 0. The van der Waals surface area contributed by atoms with Gasteiger partial charge in [0.15, 0.2) is 0 Å². The first-order valence-electron chi connectivity index (χ1n) is 25.4. The average Bonchev–Trinajstić information content (AvgIpc) is 3.64. The van der Waals surface area contributed by atoms with Crippen LogP contribution in [0.5, 0.6) is 23.0 Å². The zero-order chi connectivity index (χ0) is 48.3. The molecular formula is C66H42Ge2N4O2. The van der Waals surface area contributed by atoms with Gasteiger partial charge in [0.05, 0.1) is 0 Å². The van der Waals surface area contributed by atoms with Crippen molar-refractivity contribution < 1.29 is 9.47 Å². The molecule has 6 nitrogen and oxygen atoms in total. The molecule has 0 saturated carbocycles. The summed E-state index contributed by atoms with van der Waals surface area (Å²) in [7, 11) is 0. The molecule has 0 radical (unpaired) electrons. The fraction of sp³-hybridized carbons (Fsp3) is 0. The van der Waals surface area contributed by atoms with E-state index in [2.05, 4.69) is 274 Å². The van der Waals surface area contributed by atoms with Crippen molar-refractivity contribution in [1.29, 1.82) is 0 Å². The molecule has 17 rings (SSSR count). The van der Waals surface area contributed by atoms with Crippen LogP contribution in [-0.4, -0.2) is 26.5 Å². The van der Waals surface area contributed by atoms with E-state index in [0.29, 0.717) is 0 Å². The van der Waals surface area contributed by atoms with Crippen molar-refractivity contribution in [2.75, 3.05) is 19.6 Å². The quantitative estimate of drug-likeness (QED) is 0.154. The molecule has 346 valence electrons. The van der Waals surface area contributed by atoms with Crippen molar-refractivity contribution in [3.63, 3.8) is 0 Å². The minimum atomic E-state index is -4.36. The zero-order valence-electron chi connectivity index (χ0n) is 39.9. The van der Waals surface area contributed by atoms with Gasteiger partial charge in [0, 0.05) is 0 Å². The van der Waals surface area contributed by atoms with E-state index in [9.17, 15) is 0 Å². The van der Waals surface area contributed by atoms with Gasteiger partial charge in [0.25, 0.3) is 0 Å². The van der Waals surface area contributed by atoms with Gasteiger partial charge in [-0.05, 0) is 0 Å². The Morgan fingerprint density at radius 2 is 0.500 bits per heavy atom. The van der Waals surface area contributed by atoms with Gasteiger partial charge in [0.1, 0.15) is 0 Å². The molecule has 0 spiro atoms. The molecule has 74 heavy (non-hydrogen) atoms. The maximum absolute atomic E-state index is 8.12. The summed E-state index contributed by atoms with van der Waals surface area (Å²) in [6.07, 6.45) is 0. The number of fused-ring (bicyclic) bond motifs is 2. The van der Waals surface area contributed by atoms with Crippen LogP contribution in [-0.2, 0) is 0 Å². The van der Waals surface area contributed by atoms with E-state index in [0.717, 1.165) is 68.5 Å². The monoisotopic (exact) mass is 1070 g/mol. The van der Waals surface area contributed by atoms with E-state index in [-0.39, 0.29) is 0 Å². The number of ether oxygens (including phenoxy) is 2. The first-order chi connectivity index (χ1) is 36.8. The number of hydrogen-bond acceptors (Lipinski definition) is 6. The Morgan fingerprint density at radius 1 is 0.230 bits per heavy atom. The van der Waals surface area contributed by atoms with Crippen molar-refractivity contribution in [2.45, 2.75) is 0 Å². The third-order valence-corrected chi connectivity index (χ3v) is 37.1. The number of anilines is 12. The summed E-state index contributed by atoms with van der Waals surface area (Å²) in [4.78, 5) is 10.1. The van der Waals surface area contributed by atoms with Gasteiger partial charge in [-0.3, -0.25) is 0 Å². The summed E-state index contributed by atoms with van der Waals surface area (Å²) in [6.45, 7) is 0. The van der Waals surface area contributed by atoms with Crippen LogP contribution in [0.4, 0.5) is 68.2 Å². The molecule has 0 N–H and O–H groups in total. The van der Waals surface area contributed by atoms with Crippen LogP contribution in [0.3, 0.4) is 0 Å². The van der Waals surface area contributed by atoms with Crippen LogP contribution in [0.15, 0.2) is 255 Å². The fourth-order valence-corrected chi connectivity index (χ4v) is 37.7. The molecule has 6 aliphatic rings. The Balaban J connectivity index is 1.13. The SMILES string of the molecule is c1ccc(N2c3cccc4[c]3[Ge]3([c]5ccccc5)[c]5c2cccc5N(c2ccccc2)c2c5[c]6c(c([c]23)O4)N(c2ccccc2)c2cccc3[c]2[Ge]6([c]2ccccc2)[c]2c(cccc2N3c2ccccc2)O5)cc1. The second-order valence-electron chi connectivity index (χ2n) is 19.9. The van der Waals surface area contributed by atoms with Crippen LogP contribution in [0.25, 0.3) is 0 Å². The van der Waals surface area contributed by atoms with Gasteiger partial charge in [0.2, 0.25) is 0 Å². The van der Waals surface area contributed by atoms with E-state index < -0.39 is 26.5 Å². The molecule has 0 aliphatic carbocycles. The molecule has 11 aromatic rings. The van der Waals surface area contributed by atoms with Crippen LogP contribution in [0.2, 0.25) is 0 Å². The van der Waals surface area contributed by atoms with E-state index >= 15 is 0 Å². The second kappa shape index (κ2) is 14.9. The molecule has 2 atom stereocenters. The molecule has 2 unspecified atom stereocenters. The van der Waals surface area contributed by atoms with Gasteiger partial charge in [-0.25, -0.2) is 0 Å². The zero-order valence-corrected chi connectivity index (χ0v) is 44.1. The number of rotatable bonds is 6. The van der Waals surface area contributed by atoms with Crippen molar-refractivity contribution in [2.24, 2.45) is 0 Å². The standard InChI is InChI=1S/C66H42Ge2N4O2/c1-7-23-43(24-8-1)67-57-49-35-19-37-51(57)71(47-31-15-5-16-32-47)63-61(67)65(73-55-41-21-39-53(59(55)67)69(49)45-27-11-3-12-28-45)64-62-66(63)74-56-42-22-40-54-60(56)68(62,44-25-9-2-10-26-44)58-50(70(54)46-29-13-4-14-30-46)36-20-38-52(58)72(64)48-33-17-6-18-34-48/h1-42H. The van der Waals surface area contributed by atoms with Crippen LogP contribution in [0, 0.1) is 0 Å². The Morgan fingerprint density at radius 3 is 0.838 bits per heavy atom. The molecule has 0 aromatic heterocycles. The number of benzene rings is 11. The summed E-state index contributed by atoms with van der Waals surface area (Å²) >= 11 is -8.72. The Labute approximate surface area is 433 Å². The third kappa shape index (κ3) is 4.93. The topological polar surface area (TPSA) is 31.4 Å². The van der Waals surface area contributed by atoms with Gasteiger partial charge in [-0.15, -0.1) is 0 Å². The van der Waals surface area contributed by atoms with Crippen LogP contribution in [0.1, 0.15) is 0 Å². The molecule has 0 amide bonds. The summed E-state index contributed by atoms with van der Waals surface area (Å²) in [5.74, 6) is 3.69. The van der Waals surface area contributed by atoms with Crippen molar-refractivity contribution in [3.8, 4) is 23.0 Å². The molecule has 0 saturated heterocycles. The number of hydrogen-bond donors (Lipinski definition) is 0. The molecule has 11 aromatic carbocycles. The predicted molar refractivity (Wildman–Crippen MR) is 307 cm³/mol. The first kappa shape index (κ1) is 40.9. The van der Waals surface area contributed by atoms with Gasteiger partial charge in [-0.2, -0.15) is 0 Å². The third-order valence-electron chi connectivity index (χ3n) is 16.4. The summed E-state index contributed by atoms with van der Waals surface area (Å²) in [5.41, 5.74) is 13.6.